The lowest BCUT2D eigenvalue weighted by Crippen LogP contribution is -2.24. The summed E-state index contributed by atoms with van der Waals surface area (Å²) in [6.07, 6.45) is 2.24. The summed E-state index contributed by atoms with van der Waals surface area (Å²) in [6.45, 7) is 2.01. The SMILES string of the molecule is CCCCCc1ccc(C(F)(F)Oc2cc(F)c(CCC3CCC(c4ccc(-c5cc(F)c(F)c(F)c5)c(F)c4)CC3)c(F)c2)c(F)c1. The van der Waals surface area contributed by atoms with Gasteiger partial charge < -0.3 is 4.74 Å². The van der Waals surface area contributed by atoms with Crippen molar-refractivity contribution in [2.75, 3.05) is 0 Å². The van der Waals surface area contributed by atoms with Gasteiger partial charge >= 0.3 is 6.11 Å². The fourth-order valence-corrected chi connectivity index (χ4v) is 6.47. The van der Waals surface area contributed by atoms with Gasteiger partial charge in [0.2, 0.25) is 0 Å². The van der Waals surface area contributed by atoms with E-state index in [9.17, 15) is 39.5 Å². The van der Waals surface area contributed by atoms with Crippen LogP contribution in [0.3, 0.4) is 0 Å². The summed E-state index contributed by atoms with van der Waals surface area (Å²) in [5.74, 6) is -9.06. The topological polar surface area (TPSA) is 9.23 Å². The van der Waals surface area contributed by atoms with Gasteiger partial charge in [-0.25, -0.2) is 30.7 Å². The fourth-order valence-electron chi connectivity index (χ4n) is 6.47. The summed E-state index contributed by atoms with van der Waals surface area (Å²) >= 11 is 0. The lowest BCUT2D eigenvalue weighted by atomic mass is 9.76. The molecule has 0 radical (unpaired) electrons. The van der Waals surface area contributed by atoms with Crippen LogP contribution in [-0.4, -0.2) is 0 Å². The van der Waals surface area contributed by atoms with Gasteiger partial charge in [-0.3, -0.25) is 0 Å². The van der Waals surface area contributed by atoms with Crippen molar-refractivity contribution in [1.29, 1.82) is 0 Å². The van der Waals surface area contributed by atoms with E-state index < -0.39 is 58.1 Å². The van der Waals surface area contributed by atoms with E-state index in [4.69, 9.17) is 0 Å². The molecule has 0 aromatic heterocycles. The van der Waals surface area contributed by atoms with E-state index in [-0.39, 0.29) is 34.9 Å². The molecule has 48 heavy (non-hydrogen) atoms. The highest BCUT2D eigenvalue weighted by Crippen LogP contribution is 2.40. The van der Waals surface area contributed by atoms with E-state index in [0.29, 0.717) is 61.8 Å². The Kier molecular flexibility index (Phi) is 11.1. The second-order valence-electron chi connectivity index (χ2n) is 12.5. The van der Waals surface area contributed by atoms with Crippen LogP contribution in [0.4, 0.5) is 39.5 Å². The molecular weight excluding hydrogens is 643 g/mol. The zero-order valence-corrected chi connectivity index (χ0v) is 26.3. The van der Waals surface area contributed by atoms with Crippen LogP contribution in [0.2, 0.25) is 0 Å². The molecule has 0 atom stereocenters. The average molecular weight is 679 g/mol. The molecule has 0 unspecified atom stereocenters. The summed E-state index contributed by atoms with van der Waals surface area (Å²) in [5, 5.41) is 0. The van der Waals surface area contributed by atoms with Crippen molar-refractivity contribution in [2.45, 2.75) is 83.2 Å². The van der Waals surface area contributed by atoms with Crippen molar-refractivity contribution < 1.29 is 44.3 Å². The summed E-state index contributed by atoms with van der Waals surface area (Å²) in [4.78, 5) is 0. The number of benzene rings is 4. The Labute approximate surface area is 273 Å². The van der Waals surface area contributed by atoms with Gasteiger partial charge in [0.1, 0.15) is 29.0 Å². The fraction of sp³-hybridized carbons (Fsp3) is 0.368. The highest BCUT2D eigenvalue weighted by Gasteiger charge is 2.38. The van der Waals surface area contributed by atoms with Gasteiger partial charge in [0, 0.05) is 23.3 Å². The molecule has 0 spiro atoms. The van der Waals surface area contributed by atoms with Crippen molar-refractivity contribution in [3.05, 3.63) is 124 Å². The van der Waals surface area contributed by atoms with E-state index in [1.54, 1.807) is 6.07 Å². The van der Waals surface area contributed by atoms with Gasteiger partial charge in [-0.15, -0.1) is 0 Å². The van der Waals surface area contributed by atoms with Gasteiger partial charge in [0.15, 0.2) is 17.5 Å². The molecule has 4 aromatic rings. The Morgan fingerprint density at radius 3 is 1.94 bits per heavy atom. The molecule has 0 amide bonds. The maximum Gasteiger partial charge on any atom is 0.429 e. The molecule has 1 aliphatic carbocycles. The molecule has 10 heteroatoms. The number of hydrogen-bond acceptors (Lipinski definition) is 1. The Morgan fingerprint density at radius 1 is 0.667 bits per heavy atom. The monoisotopic (exact) mass is 678 g/mol. The minimum absolute atomic E-state index is 0.000148. The first-order valence-electron chi connectivity index (χ1n) is 16.1. The minimum atomic E-state index is -4.16. The third-order valence-electron chi connectivity index (χ3n) is 9.19. The standard InChI is InChI=1S/C38H35F9O/c1-2-3-4-5-23-9-15-30(34(42)16-23)38(46,47)48-27-20-32(40)29(33(41)21-27)13-8-22-6-10-24(11-7-22)25-12-14-28(31(39)17-25)26-18-35(43)37(45)36(44)19-26/h9,12,14-22,24H,2-8,10-11,13H2,1H3. The van der Waals surface area contributed by atoms with Crippen LogP contribution in [0.1, 0.15) is 86.5 Å². The Morgan fingerprint density at radius 2 is 1.33 bits per heavy atom. The molecule has 5 rings (SSSR count). The summed E-state index contributed by atoms with van der Waals surface area (Å²) < 4.78 is 134. The number of halogens is 9. The Hall–Kier alpha value is -3.95. The number of hydrogen-bond donors (Lipinski definition) is 0. The van der Waals surface area contributed by atoms with Crippen molar-refractivity contribution in [3.63, 3.8) is 0 Å². The molecule has 0 saturated heterocycles. The van der Waals surface area contributed by atoms with E-state index >= 15 is 0 Å². The van der Waals surface area contributed by atoms with E-state index in [1.807, 2.05) is 6.92 Å². The molecular formula is C38H35F9O. The van der Waals surface area contributed by atoms with Crippen molar-refractivity contribution in [1.82, 2.24) is 0 Å². The Bertz CT molecular complexity index is 1700. The van der Waals surface area contributed by atoms with Gasteiger partial charge in [0.05, 0.1) is 5.56 Å². The molecule has 4 aromatic carbocycles. The summed E-state index contributed by atoms with van der Waals surface area (Å²) in [7, 11) is 0. The second kappa shape index (κ2) is 15.1. The number of aryl methyl sites for hydroxylation is 1. The maximum absolute atomic E-state index is 14.9. The largest absolute Gasteiger partial charge is 0.429 e. The van der Waals surface area contributed by atoms with Crippen molar-refractivity contribution in [3.8, 4) is 16.9 Å². The number of alkyl halides is 2. The molecule has 0 bridgehead atoms. The smallest absolute Gasteiger partial charge is 0.429 e. The van der Waals surface area contributed by atoms with Gasteiger partial charge in [-0.2, -0.15) is 8.78 Å². The first kappa shape index (κ1) is 35.4. The van der Waals surface area contributed by atoms with E-state index in [1.165, 1.54) is 18.2 Å². The summed E-state index contributed by atoms with van der Waals surface area (Å²) in [5.41, 5.74) is -0.206. The second-order valence-corrected chi connectivity index (χ2v) is 12.5. The molecule has 256 valence electrons. The molecule has 1 aliphatic rings. The van der Waals surface area contributed by atoms with Crippen LogP contribution in [0.25, 0.3) is 11.1 Å². The predicted octanol–water partition coefficient (Wildman–Crippen LogP) is 12.1. The average Bonchev–Trinajstić information content (AvgIpc) is 3.03. The highest BCUT2D eigenvalue weighted by molar-refractivity contribution is 5.65. The van der Waals surface area contributed by atoms with Crippen molar-refractivity contribution >= 4 is 0 Å². The van der Waals surface area contributed by atoms with E-state index in [0.717, 1.165) is 43.5 Å². The van der Waals surface area contributed by atoms with Crippen LogP contribution in [0.5, 0.6) is 5.75 Å². The van der Waals surface area contributed by atoms with Crippen LogP contribution < -0.4 is 4.74 Å². The lowest BCUT2D eigenvalue weighted by Gasteiger charge is -2.29. The van der Waals surface area contributed by atoms with Crippen LogP contribution in [0, 0.1) is 46.6 Å². The predicted molar refractivity (Wildman–Crippen MR) is 165 cm³/mol. The van der Waals surface area contributed by atoms with Crippen LogP contribution >= 0.6 is 0 Å². The minimum Gasteiger partial charge on any atom is -0.429 e. The molecule has 0 N–H and O–H groups in total. The normalized spacial score (nSPS) is 16.7. The Balaban J connectivity index is 1.16. The van der Waals surface area contributed by atoms with Crippen LogP contribution in [0.15, 0.2) is 60.7 Å². The van der Waals surface area contributed by atoms with E-state index in [2.05, 4.69) is 4.74 Å². The molecule has 1 saturated carbocycles. The summed E-state index contributed by atoms with van der Waals surface area (Å²) in [6, 6.07) is 10.5. The number of ether oxygens (including phenoxy) is 1. The molecule has 0 aliphatic heterocycles. The first-order valence-corrected chi connectivity index (χ1v) is 16.1. The quantitative estimate of drug-likeness (QED) is 0.0823. The third-order valence-corrected chi connectivity index (χ3v) is 9.19. The van der Waals surface area contributed by atoms with Gasteiger partial charge in [0.25, 0.3) is 0 Å². The number of unbranched alkanes of at least 4 members (excludes halogenated alkanes) is 2. The first-order chi connectivity index (χ1) is 22.9. The maximum atomic E-state index is 14.9. The number of rotatable bonds is 12. The molecule has 0 heterocycles. The zero-order chi connectivity index (χ0) is 34.6. The van der Waals surface area contributed by atoms with Crippen LogP contribution in [-0.2, 0) is 19.0 Å². The zero-order valence-electron chi connectivity index (χ0n) is 26.3. The highest BCUT2D eigenvalue weighted by atomic mass is 19.3. The van der Waals surface area contributed by atoms with Gasteiger partial charge in [-0.1, -0.05) is 38.0 Å². The third kappa shape index (κ3) is 8.18. The van der Waals surface area contributed by atoms with Crippen molar-refractivity contribution in [2.24, 2.45) is 5.92 Å². The lowest BCUT2D eigenvalue weighted by molar-refractivity contribution is -0.187. The van der Waals surface area contributed by atoms with Gasteiger partial charge in [-0.05, 0) is 110 Å². The molecule has 1 fully saturated rings. The molecule has 1 nitrogen and oxygen atoms in total.